The quantitative estimate of drug-likeness (QED) is 0.122. The number of aromatic hydroxyl groups is 3. The Hall–Kier alpha value is -4.91. The van der Waals surface area contributed by atoms with Crippen LogP contribution in [0.1, 0.15) is 34.8 Å². The highest BCUT2D eigenvalue weighted by Crippen LogP contribution is 2.36. The Balaban J connectivity index is 1.50. The van der Waals surface area contributed by atoms with E-state index in [4.69, 9.17) is 18.9 Å². The third-order valence-corrected chi connectivity index (χ3v) is 6.74. The summed E-state index contributed by atoms with van der Waals surface area (Å²) >= 11 is 0. The number of ketones is 1. The van der Waals surface area contributed by atoms with Crippen molar-refractivity contribution in [1.29, 1.82) is 0 Å². The van der Waals surface area contributed by atoms with E-state index >= 15 is 0 Å². The molecule has 0 aliphatic carbocycles. The summed E-state index contributed by atoms with van der Waals surface area (Å²) in [5.74, 6) is -4.06. The molecule has 12 heteroatoms. The lowest BCUT2D eigenvalue weighted by Gasteiger charge is -2.41. The Morgan fingerprint density at radius 1 is 0.909 bits per heavy atom. The molecule has 0 unspecified atom stereocenters. The van der Waals surface area contributed by atoms with Crippen molar-refractivity contribution in [1.82, 2.24) is 0 Å². The molecule has 12 nitrogen and oxygen atoms in total. The van der Waals surface area contributed by atoms with Crippen molar-refractivity contribution >= 4 is 23.8 Å². The van der Waals surface area contributed by atoms with Gasteiger partial charge < -0.3 is 49.3 Å². The summed E-state index contributed by atoms with van der Waals surface area (Å²) in [6.45, 7) is 1.01. The molecule has 4 rings (SSSR count). The Bertz CT molecular complexity index is 1460. The van der Waals surface area contributed by atoms with Crippen LogP contribution < -0.4 is 4.74 Å². The van der Waals surface area contributed by atoms with Crippen molar-refractivity contribution < 1.29 is 58.9 Å². The Morgan fingerprint density at radius 3 is 2.20 bits per heavy atom. The van der Waals surface area contributed by atoms with E-state index in [0.29, 0.717) is 12.8 Å². The summed E-state index contributed by atoms with van der Waals surface area (Å²) in [4.78, 5) is 36.5. The lowest BCUT2D eigenvalue weighted by atomic mass is 9.99. The smallest absolute Gasteiger partial charge is 0.339 e. The van der Waals surface area contributed by atoms with Gasteiger partial charge >= 0.3 is 11.9 Å². The number of esters is 2. The number of rotatable bonds is 11. The maximum atomic E-state index is 12.9. The zero-order valence-electron chi connectivity index (χ0n) is 23.6. The van der Waals surface area contributed by atoms with Gasteiger partial charge in [0.1, 0.15) is 36.5 Å². The molecule has 1 aliphatic rings. The van der Waals surface area contributed by atoms with Crippen molar-refractivity contribution in [2.45, 2.75) is 50.5 Å². The fraction of sp³-hybridized carbons (Fsp3) is 0.281. The summed E-state index contributed by atoms with van der Waals surface area (Å²) in [6.07, 6.45) is -4.36. The van der Waals surface area contributed by atoms with Gasteiger partial charge in [0.05, 0.1) is 5.56 Å². The molecule has 5 N–H and O–H groups in total. The highest BCUT2D eigenvalue weighted by molar-refractivity contribution is 5.91. The van der Waals surface area contributed by atoms with E-state index in [-0.39, 0.29) is 17.1 Å². The average Bonchev–Trinajstić information content (AvgIpc) is 3.01. The van der Waals surface area contributed by atoms with Crippen molar-refractivity contribution in [2.24, 2.45) is 0 Å². The van der Waals surface area contributed by atoms with Crippen LogP contribution in [0.3, 0.4) is 0 Å². The van der Waals surface area contributed by atoms with E-state index in [1.165, 1.54) is 19.1 Å². The molecule has 0 saturated carbocycles. The average molecular weight is 609 g/mol. The first-order valence-electron chi connectivity index (χ1n) is 13.6. The molecule has 44 heavy (non-hydrogen) atoms. The van der Waals surface area contributed by atoms with E-state index in [2.05, 4.69) is 0 Å². The predicted molar refractivity (Wildman–Crippen MR) is 154 cm³/mol. The Labute approximate surface area is 252 Å². The molecule has 0 radical (unpaired) electrons. The lowest BCUT2D eigenvalue weighted by Crippen LogP contribution is -2.61. The Kier molecular flexibility index (Phi) is 10.6. The topological polar surface area (TPSA) is 189 Å². The number of phenolic OH excluding ortho intramolecular Hbond substituents is 3. The van der Waals surface area contributed by atoms with Gasteiger partial charge in [-0.2, -0.15) is 0 Å². The summed E-state index contributed by atoms with van der Waals surface area (Å²) in [7, 11) is 0. The molecule has 0 aromatic heterocycles. The fourth-order valence-electron chi connectivity index (χ4n) is 4.31. The number of Topliss-reactive ketones (excluding diaryl/α,β-unsaturated/α-hetero) is 1. The van der Waals surface area contributed by atoms with Crippen LogP contribution in [0.5, 0.6) is 23.0 Å². The summed E-state index contributed by atoms with van der Waals surface area (Å²) < 4.78 is 22.3. The predicted octanol–water partition coefficient (Wildman–Crippen LogP) is 2.63. The minimum atomic E-state index is -1.80. The molecule has 1 heterocycles. The largest absolute Gasteiger partial charge is 0.504 e. The number of aliphatic hydroxyl groups excluding tert-OH is 2. The third kappa shape index (κ3) is 8.34. The fourth-order valence-corrected chi connectivity index (χ4v) is 4.31. The number of carbonyl (C=O) groups excluding carboxylic acids is 3. The zero-order chi connectivity index (χ0) is 31.8. The van der Waals surface area contributed by atoms with Gasteiger partial charge in [-0.15, -0.1) is 0 Å². The van der Waals surface area contributed by atoms with Crippen LogP contribution in [0.15, 0.2) is 72.8 Å². The summed E-state index contributed by atoms with van der Waals surface area (Å²) in [5, 5.41) is 50.9. The number of aryl methyl sites for hydroxylation is 1. The van der Waals surface area contributed by atoms with Crippen LogP contribution >= 0.6 is 0 Å². The van der Waals surface area contributed by atoms with Crippen LogP contribution in [-0.2, 0) is 30.2 Å². The molecule has 5 atom stereocenters. The first kappa shape index (κ1) is 32.0. The maximum absolute atomic E-state index is 12.9. The van der Waals surface area contributed by atoms with Gasteiger partial charge in [0.2, 0.25) is 6.29 Å². The molecule has 232 valence electrons. The first-order valence-corrected chi connectivity index (χ1v) is 13.6. The van der Waals surface area contributed by atoms with Crippen LogP contribution in [0.2, 0.25) is 0 Å². The maximum Gasteiger partial charge on any atom is 0.339 e. The van der Waals surface area contributed by atoms with Crippen molar-refractivity contribution in [3.63, 3.8) is 0 Å². The van der Waals surface area contributed by atoms with Crippen molar-refractivity contribution in [2.75, 3.05) is 6.61 Å². The number of carbonyl (C=O) groups is 3. The molecule has 3 aromatic rings. The molecule has 0 amide bonds. The first-order chi connectivity index (χ1) is 21.0. The number of phenols is 3. The second-order valence-electron chi connectivity index (χ2n) is 10.1. The molecule has 3 aromatic carbocycles. The lowest BCUT2D eigenvalue weighted by molar-refractivity contribution is -0.277. The molecule has 1 saturated heterocycles. The minimum absolute atomic E-state index is 0.0377. The van der Waals surface area contributed by atoms with Gasteiger partial charge in [0, 0.05) is 12.5 Å². The van der Waals surface area contributed by atoms with E-state index in [1.807, 2.05) is 6.07 Å². The van der Waals surface area contributed by atoms with Gasteiger partial charge in [-0.05, 0) is 54.8 Å². The molecule has 0 bridgehead atoms. The SMILES string of the molecule is CC(=O)CCc1ccc(O[C@@H]2O[C@H](COC(=O)C=Cc3ccccc3)[C@@H](O)[C@H](O)[C@H]2OC(=O)c2cc(O)c(O)c(O)c2)cc1. The zero-order valence-corrected chi connectivity index (χ0v) is 23.6. The molecule has 1 aliphatic heterocycles. The monoisotopic (exact) mass is 608 g/mol. The van der Waals surface area contributed by atoms with Gasteiger partial charge in [0.15, 0.2) is 23.4 Å². The number of aliphatic hydroxyl groups is 2. The third-order valence-electron chi connectivity index (χ3n) is 6.74. The molecule has 0 spiro atoms. The van der Waals surface area contributed by atoms with E-state index in [9.17, 15) is 39.9 Å². The van der Waals surface area contributed by atoms with Gasteiger partial charge in [0.25, 0.3) is 0 Å². The van der Waals surface area contributed by atoms with Gasteiger partial charge in [-0.25, -0.2) is 9.59 Å². The van der Waals surface area contributed by atoms with E-state index in [0.717, 1.165) is 23.3 Å². The number of benzene rings is 3. The van der Waals surface area contributed by atoms with Gasteiger partial charge in [-0.1, -0.05) is 42.5 Å². The van der Waals surface area contributed by atoms with E-state index < -0.39 is 66.5 Å². The summed E-state index contributed by atoms with van der Waals surface area (Å²) in [5.41, 5.74) is 1.24. The highest BCUT2D eigenvalue weighted by atomic mass is 16.7. The second-order valence-corrected chi connectivity index (χ2v) is 10.1. The molecule has 1 fully saturated rings. The van der Waals surface area contributed by atoms with Crippen LogP contribution in [0, 0.1) is 0 Å². The number of ether oxygens (including phenoxy) is 4. The van der Waals surface area contributed by atoms with Gasteiger partial charge in [-0.3, -0.25) is 0 Å². The Morgan fingerprint density at radius 2 is 1.57 bits per heavy atom. The second kappa shape index (κ2) is 14.5. The van der Waals surface area contributed by atoms with Crippen molar-refractivity contribution in [3.8, 4) is 23.0 Å². The summed E-state index contributed by atoms with van der Waals surface area (Å²) in [6, 6.07) is 17.3. The number of hydrogen-bond donors (Lipinski definition) is 5. The molecular formula is C32H32O12. The number of hydrogen-bond acceptors (Lipinski definition) is 12. The van der Waals surface area contributed by atoms with Crippen LogP contribution in [-0.4, -0.2) is 80.6 Å². The normalized spacial score (nSPS) is 21.5. The molecular weight excluding hydrogens is 576 g/mol. The minimum Gasteiger partial charge on any atom is -0.504 e. The standard InChI is InChI=1S/C32H32O12/c1-18(33)7-8-20-9-12-22(13-10-20)42-32-30(44-31(40)21-15-23(34)27(37)24(35)16-21)29(39)28(38)25(43-32)17-41-26(36)14-11-19-5-3-2-4-6-19/h2-6,9-16,25,28-30,32,34-35,37-39H,7-8,17H2,1H3/t25-,28-,29+,30-,32-/m1/s1. The highest BCUT2D eigenvalue weighted by Gasteiger charge is 2.48. The van der Waals surface area contributed by atoms with Crippen molar-refractivity contribution in [3.05, 3.63) is 89.5 Å². The van der Waals surface area contributed by atoms with Crippen LogP contribution in [0.4, 0.5) is 0 Å². The van der Waals surface area contributed by atoms with E-state index in [1.54, 1.807) is 48.5 Å². The van der Waals surface area contributed by atoms with Crippen LogP contribution in [0.25, 0.3) is 6.08 Å².